The Kier molecular flexibility index (Phi) is 4.78. The van der Waals surface area contributed by atoms with Gasteiger partial charge < -0.3 is 4.90 Å². The average Bonchev–Trinajstić information content (AvgIpc) is 2.09. The van der Waals surface area contributed by atoms with Gasteiger partial charge in [-0.1, -0.05) is 33.1 Å². The van der Waals surface area contributed by atoms with Gasteiger partial charge in [0.15, 0.2) is 0 Å². The van der Waals surface area contributed by atoms with Crippen molar-refractivity contribution in [3.05, 3.63) is 0 Å². The standard InChI is InChI=1S/C13H25NO/c1-12(15)13(2,3)11-14-9-7-5-4-6-8-10-14/h4-11H2,1-3H3. The molecule has 1 aliphatic heterocycles. The van der Waals surface area contributed by atoms with Crippen molar-refractivity contribution in [2.24, 2.45) is 5.41 Å². The summed E-state index contributed by atoms with van der Waals surface area (Å²) >= 11 is 0. The summed E-state index contributed by atoms with van der Waals surface area (Å²) in [5, 5.41) is 0. The molecule has 0 radical (unpaired) electrons. The maximum atomic E-state index is 11.5. The molecule has 1 fully saturated rings. The van der Waals surface area contributed by atoms with Gasteiger partial charge in [0, 0.05) is 12.0 Å². The lowest BCUT2D eigenvalue weighted by Gasteiger charge is -2.32. The number of ketones is 1. The summed E-state index contributed by atoms with van der Waals surface area (Å²) in [5.74, 6) is 0.310. The molecule has 0 spiro atoms. The highest BCUT2D eigenvalue weighted by atomic mass is 16.1. The van der Waals surface area contributed by atoms with Crippen LogP contribution >= 0.6 is 0 Å². The number of hydrogen-bond donors (Lipinski definition) is 0. The normalized spacial score (nSPS) is 20.7. The quantitative estimate of drug-likeness (QED) is 0.715. The number of Topliss-reactive ketones (excluding diaryl/α,β-unsaturated/α-hetero) is 1. The first kappa shape index (κ1) is 12.7. The number of rotatable bonds is 3. The van der Waals surface area contributed by atoms with Crippen LogP contribution < -0.4 is 0 Å². The Labute approximate surface area is 94.0 Å². The summed E-state index contributed by atoms with van der Waals surface area (Å²) in [6.07, 6.45) is 6.71. The Morgan fingerprint density at radius 3 is 2.00 bits per heavy atom. The van der Waals surface area contributed by atoms with Crippen molar-refractivity contribution in [2.45, 2.75) is 52.9 Å². The van der Waals surface area contributed by atoms with Crippen molar-refractivity contribution < 1.29 is 4.79 Å². The molecule has 1 rings (SSSR count). The molecule has 1 heterocycles. The van der Waals surface area contributed by atoms with Crippen LogP contribution in [-0.2, 0) is 4.79 Å². The number of hydrogen-bond acceptors (Lipinski definition) is 2. The van der Waals surface area contributed by atoms with Crippen molar-refractivity contribution in [3.8, 4) is 0 Å². The van der Waals surface area contributed by atoms with Crippen LogP contribution in [0, 0.1) is 5.41 Å². The first-order valence-electron chi connectivity index (χ1n) is 6.26. The second kappa shape index (κ2) is 5.64. The second-order valence-electron chi connectivity index (χ2n) is 5.48. The van der Waals surface area contributed by atoms with Gasteiger partial charge in [-0.05, 0) is 32.9 Å². The summed E-state index contributed by atoms with van der Waals surface area (Å²) in [7, 11) is 0. The molecule has 0 aromatic rings. The van der Waals surface area contributed by atoms with Gasteiger partial charge in [-0.3, -0.25) is 4.79 Å². The van der Waals surface area contributed by atoms with E-state index in [0.717, 1.165) is 6.54 Å². The van der Waals surface area contributed by atoms with Crippen molar-refractivity contribution >= 4 is 5.78 Å². The highest BCUT2D eigenvalue weighted by Crippen LogP contribution is 2.20. The van der Waals surface area contributed by atoms with E-state index < -0.39 is 0 Å². The molecule has 0 aromatic heterocycles. The molecule has 1 saturated heterocycles. The monoisotopic (exact) mass is 211 g/mol. The first-order valence-corrected chi connectivity index (χ1v) is 6.26. The zero-order chi connectivity index (χ0) is 11.3. The summed E-state index contributed by atoms with van der Waals surface area (Å²) in [6.45, 7) is 9.13. The van der Waals surface area contributed by atoms with Gasteiger partial charge in [-0.25, -0.2) is 0 Å². The fourth-order valence-corrected chi connectivity index (χ4v) is 2.14. The minimum Gasteiger partial charge on any atom is -0.302 e. The molecule has 1 aliphatic rings. The molecule has 0 bridgehead atoms. The van der Waals surface area contributed by atoms with Gasteiger partial charge in [-0.15, -0.1) is 0 Å². The largest absolute Gasteiger partial charge is 0.302 e. The molecule has 0 aromatic carbocycles. The maximum absolute atomic E-state index is 11.5. The maximum Gasteiger partial charge on any atom is 0.136 e. The molecule has 0 atom stereocenters. The predicted molar refractivity (Wildman–Crippen MR) is 64.0 cm³/mol. The van der Waals surface area contributed by atoms with E-state index >= 15 is 0 Å². The number of nitrogens with zero attached hydrogens (tertiary/aromatic N) is 1. The number of carbonyl (C=O) groups excluding carboxylic acids is 1. The summed E-state index contributed by atoms with van der Waals surface area (Å²) < 4.78 is 0. The summed E-state index contributed by atoms with van der Waals surface area (Å²) in [6, 6.07) is 0. The average molecular weight is 211 g/mol. The minimum atomic E-state index is -0.167. The Morgan fingerprint density at radius 2 is 1.53 bits per heavy atom. The van der Waals surface area contributed by atoms with E-state index in [2.05, 4.69) is 18.7 Å². The van der Waals surface area contributed by atoms with Crippen molar-refractivity contribution in [1.29, 1.82) is 0 Å². The van der Waals surface area contributed by atoms with Crippen LogP contribution in [0.1, 0.15) is 52.9 Å². The molecule has 0 unspecified atom stereocenters. The van der Waals surface area contributed by atoms with Crippen LogP contribution in [0.4, 0.5) is 0 Å². The van der Waals surface area contributed by atoms with Crippen LogP contribution in [0.25, 0.3) is 0 Å². The van der Waals surface area contributed by atoms with E-state index in [1.165, 1.54) is 45.2 Å². The highest BCUT2D eigenvalue weighted by molar-refractivity contribution is 5.81. The van der Waals surface area contributed by atoms with Crippen molar-refractivity contribution in [3.63, 3.8) is 0 Å². The zero-order valence-corrected chi connectivity index (χ0v) is 10.5. The fourth-order valence-electron chi connectivity index (χ4n) is 2.14. The molecular formula is C13H25NO. The molecule has 2 heteroatoms. The van der Waals surface area contributed by atoms with E-state index in [1.54, 1.807) is 6.92 Å². The molecular weight excluding hydrogens is 186 g/mol. The van der Waals surface area contributed by atoms with Gasteiger partial charge in [0.2, 0.25) is 0 Å². The molecule has 0 N–H and O–H groups in total. The fraction of sp³-hybridized carbons (Fsp3) is 0.923. The Bertz CT molecular complexity index is 203. The van der Waals surface area contributed by atoms with Gasteiger partial charge in [0.05, 0.1) is 0 Å². The topological polar surface area (TPSA) is 20.3 Å². The van der Waals surface area contributed by atoms with Gasteiger partial charge in [-0.2, -0.15) is 0 Å². The van der Waals surface area contributed by atoms with E-state index in [1.807, 2.05) is 0 Å². The molecule has 2 nitrogen and oxygen atoms in total. The Morgan fingerprint density at radius 1 is 1.07 bits per heavy atom. The smallest absolute Gasteiger partial charge is 0.136 e. The molecule has 88 valence electrons. The zero-order valence-electron chi connectivity index (χ0n) is 10.5. The van der Waals surface area contributed by atoms with Crippen LogP contribution in [0.3, 0.4) is 0 Å². The minimum absolute atomic E-state index is 0.167. The van der Waals surface area contributed by atoms with Crippen molar-refractivity contribution in [1.82, 2.24) is 4.90 Å². The third kappa shape index (κ3) is 4.33. The third-order valence-corrected chi connectivity index (χ3v) is 3.52. The molecule has 0 amide bonds. The van der Waals surface area contributed by atoms with E-state index in [-0.39, 0.29) is 5.41 Å². The van der Waals surface area contributed by atoms with Gasteiger partial charge in [0.25, 0.3) is 0 Å². The molecule has 15 heavy (non-hydrogen) atoms. The second-order valence-corrected chi connectivity index (χ2v) is 5.48. The van der Waals surface area contributed by atoms with Crippen molar-refractivity contribution in [2.75, 3.05) is 19.6 Å². The lowest BCUT2D eigenvalue weighted by atomic mass is 9.88. The summed E-state index contributed by atoms with van der Waals surface area (Å²) in [5.41, 5.74) is -0.167. The molecule has 0 saturated carbocycles. The van der Waals surface area contributed by atoms with Crippen LogP contribution in [-0.4, -0.2) is 30.3 Å². The predicted octanol–water partition coefficient (Wildman–Crippen LogP) is 2.87. The third-order valence-electron chi connectivity index (χ3n) is 3.52. The van der Waals surface area contributed by atoms with Gasteiger partial charge in [0.1, 0.15) is 5.78 Å². The van der Waals surface area contributed by atoms with Crippen LogP contribution in [0.2, 0.25) is 0 Å². The SMILES string of the molecule is CC(=O)C(C)(C)CN1CCCCCCC1. The summed E-state index contributed by atoms with van der Waals surface area (Å²) in [4.78, 5) is 13.9. The van der Waals surface area contributed by atoms with Crippen LogP contribution in [0.15, 0.2) is 0 Å². The van der Waals surface area contributed by atoms with Gasteiger partial charge >= 0.3 is 0 Å². The number of likely N-dealkylation sites (tertiary alicyclic amines) is 1. The molecule has 0 aliphatic carbocycles. The Hall–Kier alpha value is -0.370. The highest BCUT2D eigenvalue weighted by Gasteiger charge is 2.26. The lowest BCUT2D eigenvalue weighted by molar-refractivity contribution is -0.125. The van der Waals surface area contributed by atoms with E-state index in [9.17, 15) is 4.79 Å². The van der Waals surface area contributed by atoms with E-state index in [4.69, 9.17) is 0 Å². The first-order chi connectivity index (χ1) is 7.02. The van der Waals surface area contributed by atoms with E-state index in [0.29, 0.717) is 5.78 Å². The number of carbonyl (C=O) groups is 1. The lowest BCUT2D eigenvalue weighted by Crippen LogP contribution is -2.39. The Balaban J connectivity index is 2.44. The van der Waals surface area contributed by atoms with Crippen LogP contribution in [0.5, 0.6) is 0 Å².